The van der Waals surface area contributed by atoms with Gasteiger partial charge in [0.15, 0.2) is 0 Å². The molecule has 0 heterocycles. The standard InChI is InChI=1S/C16H22/c1-6-14(7-2)16(4,5)15-12-10-8-9-11-13(15)3/h6,8-9,11-12,14H,1,7H2,2-5H3. The van der Waals surface area contributed by atoms with Gasteiger partial charge in [0, 0.05) is 0 Å². The molecule has 1 aliphatic rings. The highest BCUT2D eigenvalue weighted by Gasteiger charge is 2.29. The van der Waals surface area contributed by atoms with Crippen molar-refractivity contribution >= 4 is 0 Å². The Hall–Kier alpha value is -1.26. The SMILES string of the molecule is C=CC(CC)C(C)(C)C1=C(C)C=CC=C=C1. The lowest BCUT2D eigenvalue weighted by molar-refractivity contribution is 0.317. The zero-order chi connectivity index (χ0) is 12.2. The van der Waals surface area contributed by atoms with Crippen molar-refractivity contribution in [3.8, 4) is 0 Å². The van der Waals surface area contributed by atoms with E-state index < -0.39 is 0 Å². The Morgan fingerprint density at radius 3 is 2.75 bits per heavy atom. The highest BCUT2D eigenvalue weighted by atomic mass is 14.3. The Bertz CT molecular complexity index is 382. The molecule has 0 saturated carbocycles. The summed E-state index contributed by atoms with van der Waals surface area (Å²) in [5.41, 5.74) is 6.02. The Balaban J connectivity index is 3.21. The zero-order valence-electron chi connectivity index (χ0n) is 10.9. The minimum atomic E-state index is 0.121. The second-order valence-electron chi connectivity index (χ2n) is 4.91. The largest absolute Gasteiger partial charge is 0.121 e. The van der Waals surface area contributed by atoms with E-state index in [1.165, 1.54) is 11.1 Å². The fourth-order valence-corrected chi connectivity index (χ4v) is 2.45. The fraction of sp³-hybridized carbons (Fsp3) is 0.438. The Morgan fingerprint density at radius 2 is 2.19 bits per heavy atom. The highest BCUT2D eigenvalue weighted by Crippen LogP contribution is 2.40. The van der Waals surface area contributed by atoms with Crippen LogP contribution in [0.25, 0.3) is 0 Å². The van der Waals surface area contributed by atoms with Crippen molar-refractivity contribution in [2.24, 2.45) is 11.3 Å². The summed E-state index contributed by atoms with van der Waals surface area (Å²) in [6, 6.07) is 0. The van der Waals surface area contributed by atoms with Crippen LogP contribution in [0, 0.1) is 11.3 Å². The van der Waals surface area contributed by atoms with Gasteiger partial charge >= 0.3 is 0 Å². The lowest BCUT2D eigenvalue weighted by atomic mass is 9.70. The topological polar surface area (TPSA) is 0 Å². The molecule has 0 saturated heterocycles. The molecule has 0 spiro atoms. The van der Waals surface area contributed by atoms with Crippen LogP contribution in [0.3, 0.4) is 0 Å². The van der Waals surface area contributed by atoms with E-state index in [1.807, 2.05) is 12.2 Å². The van der Waals surface area contributed by atoms with Gasteiger partial charge in [-0.3, -0.25) is 0 Å². The molecule has 0 bridgehead atoms. The van der Waals surface area contributed by atoms with Crippen LogP contribution < -0.4 is 0 Å². The molecule has 1 rings (SSSR count). The Labute approximate surface area is 99.8 Å². The fourth-order valence-electron chi connectivity index (χ4n) is 2.45. The third kappa shape index (κ3) is 2.46. The first kappa shape index (κ1) is 12.8. The second kappa shape index (κ2) is 5.18. The molecular weight excluding hydrogens is 192 g/mol. The molecule has 86 valence electrons. The molecule has 0 radical (unpaired) electrons. The van der Waals surface area contributed by atoms with Gasteiger partial charge < -0.3 is 0 Å². The summed E-state index contributed by atoms with van der Waals surface area (Å²) in [7, 11) is 0. The van der Waals surface area contributed by atoms with Gasteiger partial charge in [0.25, 0.3) is 0 Å². The summed E-state index contributed by atoms with van der Waals surface area (Å²) in [6.45, 7) is 12.9. The first-order valence-electron chi connectivity index (χ1n) is 5.97. The van der Waals surface area contributed by atoms with E-state index in [0.29, 0.717) is 5.92 Å². The molecule has 0 aromatic heterocycles. The van der Waals surface area contributed by atoms with Crippen LogP contribution in [-0.4, -0.2) is 0 Å². The molecule has 0 N–H and O–H groups in total. The van der Waals surface area contributed by atoms with Gasteiger partial charge in [-0.2, -0.15) is 0 Å². The average Bonchev–Trinajstić information content (AvgIpc) is 2.44. The van der Waals surface area contributed by atoms with Gasteiger partial charge in [0.05, 0.1) is 0 Å². The first-order chi connectivity index (χ1) is 7.54. The van der Waals surface area contributed by atoms with E-state index in [9.17, 15) is 0 Å². The van der Waals surface area contributed by atoms with Crippen molar-refractivity contribution in [2.45, 2.75) is 34.1 Å². The maximum absolute atomic E-state index is 3.96. The summed E-state index contributed by atoms with van der Waals surface area (Å²) in [5.74, 6) is 0.502. The van der Waals surface area contributed by atoms with E-state index in [0.717, 1.165) is 6.42 Å². The van der Waals surface area contributed by atoms with Gasteiger partial charge in [0.2, 0.25) is 0 Å². The maximum Gasteiger partial charge on any atom is -0.00323 e. The van der Waals surface area contributed by atoms with Crippen LogP contribution in [0.2, 0.25) is 0 Å². The molecule has 0 amide bonds. The van der Waals surface area contributed by atoms with Crippen molar-refractivity contribution < 1.29 is 0 Å². The molecule has 1 aliphatic carbocycles. The van der Waals surface area contributed by atoms with Gasteiger partial charge in [-0.25, -0.2) is 0 Å². The minimum absolute atomic E-state index is 0.121. The highest BCUT2D eigenvalue weighted by molar-refractivity contribution is 5.40. The van der Waals surface area contributed by atoms with Crippen LogP contribution in [-0.2, 0) is 0 Å². The van der Waals surface area contributed by atoms with Crippen molar-refractivity contribution in [2.75, 3.05) is 0 Å². The zero-order valence-corrected chi connectivity index (χ0v) is 10.9. The predicted octanol–water partition coefficient (Wildman–Crippen LogP) is 4.82. The number of rotatable bonds is 4. The van der Waals surface area contributed by atoms with E-state index in [2.05, 4.69) is 58.2 Å². The van der Waals surface area contributed by atoms with E-state index in [1.54, 1.807) is 0 Å². The lowest BCUT2D eigenvalue weighted by Crippen LogP contribution is -2.24. The maximum atomic E-state index is 3.96. The van der Waals surface area contributed by atoms with E-state index in [-0.39, 0.29) is 5.41 Å². The molecular formula is C16H22. The van der Waals surface area contributed by atoms with Crippen molar-refractivity contribution in [1.29, 1.82) is 0 Å². The summed E-state index contributed by atoms with van der Waals surface area (Å²) < 4.78 is 0. The number of hydrogen-bond acceptors (Lipinski definition) is 0. The molecule has 0 heteroatoms. The smallest absolute Gasteiger partial charge is 0.00323 e. The molecule has 0 aromatic rings. The van der Waals surface area contributed by atoms with Gasteiger partial charge in [-0.15, -0.1) is 12.3 Å². The van der Waals surface area contributed by atoms with Crippen LogP contribution in [0.5, 0.6) is 0 Å². The molecule has 0 fully saturated rings. The van der Waals surface area contributed by atoms with E-state index in [4.69, 9.17) is 0 Å². The van der Waals surface area contributed by atoms with E-state index >= 15 is 0 Å². The Morgan fingerprint density at radius 1 is 1.50 bits per heavy atom. The summed E-state index contributed by atoms with van der Waals surface area (Å²) in [4.78, 5) is 0. The van der Waals surface area contributed by atoms with Crippen LogP contribution in [0.1, 0.15) is 34.1 Å². The monoisotopic (exact) mass is 214 g/mol. The molecule has 0 aliphatic heterocycles. The molecule has 1 atom stereocenters. The van der Waals surface area contributed by atoms with Crippen LogP contribution >= 0.6 is 0 Å². The summed E-state index contributed by atoms with van der Waals surface area (Å²) in [5, 5.41) is 0. The Kier molecular flexibility index (Phi) is 4.15. The minimum Gasteiger partial charge on any atom is -0.121 e. The normalized spacial score (nSPS) is 17.5. The second-order valence-corrected chi connectivity index (χ2v) is 4.91. The predicted molar refractivity (Wildman–Crippen MR) is 72.3 cm³/mol. The lowest BCUT2D eigenvalue weighted by Gasteiger charge is -2.34. The molecule has 16 heavy (non-hydrogen) atoms. The van der Waals surface area contributed by atoms with Crippen molar-refractivity contribution in [3.63, 3.8) is 0 Å². The molecule has 0 aromatic carbocycles. The third-order valence-electron chi connectivity index (χ3n) is 3.54. The number of hydrogen-bond donors (Lipinski definition) is 0. The van der Waals surface area contributed by atoms with Crippen molar-refractivity contribution in [1.82, 2.24) is 0 Å². The van der Waals surface area contributed by atoms with Gasteiger partial charge in [-0.05, 0) is 48.0 Å². The third-order valence-corrected chi connectivity index (χ3v) is 3.54. The van der Waals surface area contributed by atoms with Crippen LogP contribution in [0.4, 0.5) is 0 Å². The van der Waals surface area contributed by atoms with Gasteiger partial charge in [-0.1, -0.05) is 39.0 Å². The summed E-state index contributed by atoms with van der Waals surface area (Å²) in [6.07, 6.45) is 11.5. The summed E-state index contributed by atoms with van der Waals surface area (Å²) >= 11 is 0. The van der Waals surface area contributed by atoms with Crippen molar-refractivity contribution in [3.05, 3.63) is 53.8 Å². The number of allylic oxidation sites excluding steroid dienone is 6. The molecule has 0 nitrogen and oxygen atoms in total. The quantitative estimate of drug-likeness (QED) is 0.465. The average molecular weight is 214 g/mol. The van der Waals surface area contributed by atoms with Gasteiger partial charge in [0.1, 0.15) is 0 Å². The first-order valence-corrected chi connectivity index (χ1v) is 5.97. The molecule has 1 unspecified atom stereocenters. The van der Waals surface area contributed by atoms with Crippen LogP contribution in [0.15, 0.2) is 53.8 Å².